The van der Waals surface area contributed by atoms with E-state index < -0.39 is 29.6 Å². The molecule has 0 bridgehead atoms. The fourth-order valence-corrected chi connectivity index (χ4v) is 4.20. The first-order valence-corrected chi connectivity index (χ1v) is 11.5. The number of halogens is 2. The third kappa shape index (κ3) is 5.23. The number of methoxy groups -OCH3 is 1. The Morgan fingerprint density at radius 1 is 1.25 bits per heavy atom. The lowest BCUT2D eigenvalue weighted by atomic mass is 10.0. The molecule has 3 aromatic rings. The second-order valence-corrected chi connectivity index (χ2v) is 8.91. The Hall–Kier alpha value is -3.79. The summed E-state index contributed by atoms with van der Waals surface area (Å²) in [4.78, 5) is 32.1. The second-order valence-electron chi connectivity index (χ2n) is 8.91. The molecular weight excluding hydrogens is 470 g/mol. The van der Waals surface area contributed by atoms with E-state index in [0.29, 0.717) is 24.5 Å². The predicted molar refractivity (Wildman–Crippen MR) is 130 cm³/mol. The molecule has 1 fully saturated rings. The topological polar surface area (TPSA) is 76.4 Å². The molecule has 36 heavy (non-hydrogen) atoms. The summed E-state index contributed by atoms with van der Waals surface area (Å²) in [5, 5.41) is 0. The molecule has 0 saturated carbocycles. The third-order valence-electron chi connectivity index (χ3n) is 5.96. The van der Waals surface area contributed by atoms with Crippen LogP contribution in [-0.2, 0) is 15.9 Å². The SMILES string of the molecule is COC(=O)N1CCO[C@@H](Cc2c(-c3c(F)cc(C(=O)/C=C/N(C)C)cc3F)nc3cc(C)ccn23)C1. The Labute approximate surface area is 207 Å². The molecule has 1 aliphatic rings. The van der Waals surface area contributed by atoms with E-state index in [1.807, 2.05) is 19.1 Å². The number of rotatable bonds is 6. The van der Waals surface area contributed by atoms with Gasteiger partial charge in [-0.1, -0.05) is 0 Å². The number of ketones is 1. The number of aromatic nitrogens is 2. The number of hydrogen-bond acceptors (Lipinski definition) is 6. The predicted octanol–water partition coefficient (Wildman–Crippen LogP) is 3.86. The van der Waals surface area contributed by atoms with Crippen molar-refractivity contribution in [1.82, 2.24) is 19.2 Å². The Kier molecular flexibility index (Phi) is 7.35. The lowest BCUT2D eigenvalue weighted by molar-refractivity contribution is -0.0241. The first-order chi connectivity index (χ1) is 17.2. The highest BCUT2D eigenvalue weighted by Crippen LogP contribution is 2.32. The van der Waals surface area contributed by atoms with E-state index in [-0.39, 0.29) is 29.8 Å². The van der Waals surface area contributed by atoms with E-state index in [4.69, 9.17) is 9.47 Å². The molecule has 10 heteroatoms. The standard InChI is InChI=1S/C26H28F2N4O4/c1-16-5-8-32-21(14-18-15-31(9-10-36-18)26(34)35-4)25(29-23(32)11-16)24-19(27)12-17(13-20(24)28)22(33)6-7-30(2)3/h5-8,11-13,18H,9-10,14-15H2,1-4H3/b7-6+/t18-/m0/s1. The van der Waals surface area contributed by atoms with Crippen LogP contribution in [0.25, 0.3) is 16.9 Å². The Bertz CT molecular complexity index is 1310. The van der Waals surface area contributed by atoms with Crippen molar-refractivity contribution >= 4 is 17.5 Å². The highest BCUT2D eigenvalue weighted by atomic mass is 19.1. The van der Waals surface area contributed by atoms with Gasteiger partial charge in [0.1, 0.15) is 17.3 Å². The number of nitrogens with zero attached hydrogens (tertiary/aromatic N) is 4. The number of amides is 1. The zero-order valence-electron chi connectivity index (χ0n) is 20.6. The van der Waals surface area contributed by atoms with Gasteiger partial charge >= 0.3 is 6.09 Å². The van der Waals surface area contributed by atoms with Crippen LogP contribution in [0.5, 0.6) is 0 Å². The number of aryl methyl sites for hydroxylation is 1. The Morgan fingerprint density at radius 3 is 2.64 bits per heavy atom. The maximum Gasteiger partial charge on any atom is 0.409 e. The maximum absolute atomic E-state index is 15.4. The van der Waals surface area contributed by atoms with E-state index in [2.05, 4.69) is 4.98 Å². The van der Waals surface area contributed by atoms with Crippen molar-refractivity contribution in [3.63, 3.8) is 0 Å². The van der Waals surface area contributed by atoms with Gasteiger partial charge in [0.05, 0.1) is 43.3 Å². The monoisotopic (exact) mass is 498 g/mol. The van der Waals surface area contributed by atoms with E-state index in [1.165, 1.54) is 24.3 Å². The fourth-order valence-electron chi connectivity index (χ4n) is 4.20. The second kappa shape index (κ2) is 10.4. The quantitative estimate of drug-likeness (QED) is 0.380. The van der Waals surface area contributed by atoms with E-state index in [1.54, 1.807) is 29.6 Å². The van der Waals surface area contributed by atoms with Crippen molar-refractivity contribution in [2.24, 2.45) is 0 Å². The summed E-state index contributed by atoms with van der Waals surface area (Å²) in [7, 11) is 4.79. The third-order valence-corrected chi connectivity index (χ3v) is 5.96. The van der Waals surface area contributed by atoms with Crippen molar-refractivity contribution in [2.75, 3.05) is 40.9 Å². The van der Waals surface area contributed by atoms with Gasteiger partial charge in [-0.2, -0.15) is 0 Å². The molecule has 0 aliphatic carbocycles. The molecule has 0 unspecified atom stereocenters. The number of allylic oxidation sites excluding steroid dienone is 1. The van der Waals surface area contributed by atoms with Gasteiger partial charge in [-0.3, -0.25) is 4.79 Å². The molecule has 8 nitrogen and oxygen atoms in total. The summed E-state index contributed by atoms with van der Waals surface area (Å²) >= 11 is 0. The van der Waals surface area contributed by atoms with E-state index >= 15 is 8.78 Å². The molecular formula is C26H28F2N4O4. The molecule has 2 aromatic heterocycles. The maximum atomic E-state index is 15.4. The summed E-state index contributed by atoms with van der Waals surface area (Å²) in [6, 6.07) is 5.73. The van der Waals surface area contributed by atoms with Gasteiger partial charge in [0.25, 0.3) is 0 Å². The lowest BCUT2D eigenvalue weighted by Gasteiger charge is -2.32. The minimum absolute atomic E-state index is 0.0997. The van der Waals surface area contributed by atoms with Crippen LogP contribution in [-0.4, -0.2) is 78.1 Å². The van der Waals surface area contributed by atoms with Crippen LogP contribution in [0.4, 0.5) is 13.6 Å². The van der Waals surface area contributed by atoms with Crippen molar-refractivity contribution in [3.05, 3.63) is 71.2 Å². The van der Waals surface area contributed by atoms with E-state index in [9.17, 15) is 9.59 Å². The van der Waals surface area contributed by atoms with Crippen molar-refractivity contribution in [2.45, 2.75) is 19.4 Å². The fraction of sp³-hybridized carbons (Fsp3) is 0.346. The summed E-state index contributed by atoms with van der Waals surface area (Å²) < 4.78 is 43.2. The molecule has 1 atom stereocenters. The largest absolute Gasteiger partial charge is 0.453 e. The van der Waals surface area contributed by atoms with Crippen molar-refractivity contribution in [1.29, 1.82) is 0 Å². The minimum atomic E-state index is -0.890. The molecule has 0 radical (unpaired) electrons. The summed E-state index contributed by atoms with van der Waals surface area (Å²) in [5.41, 5.74) is 1.69. The number of hydrogen-bond donors (Lipinski definition) is 0. The van der Waals surface area contributed by atoms with Crippen molar-refractivity contribution in [3.8, 4) is 11.3 Å². The van der Waals surface area contributed by atoms with Gasteiger partial charge in [-0.25, -0.2) is 18.6 Å². The summed E-state index contributed by atoms with van der Waals surface area (Å²) in [6.45, 7) is 2.87. The molecule has 3 heterocycles. The highest BCUT2D eigenvalue weighted by Gasteiger charge is 2.29. The highest BCUT2D eigenvalue weighted by molar-refractivity contribution is 6.04. The van der Waals surface area contributed by atoms with Gasteiger partial charge in [-0.05, 0) is 36.8 Å². The molecule has 190 valence electrons. The summed E-state index contributed by atoms with van der Waals surface area (Å²) in [5.74, 6) is -2.30. The zero-order valence-corrected chi connectivity index (χ0v) is 20.6. The molecule has 1 amide bonds. The number of pyridine rings is 1. The molecule has 1 saturated heterocycles. The Balaban J connectivity index is 1.76. The van der Waals surface area contributed by atoms with Crippen LogP contribution in [0.2, 0.25) is 0 Å². The number of fused-ring (bicyclic) bond motifs is 1. The van der Waals surface area contributed by atoms with Gasteiger partial charge in [-0.15, -0.1) is 0 Å². The molecule has 0 spiro atoms. The van der Waals surface area contributed by atoms with Gasteiger partial charge in [0.2, 0.25) is 0 Å². The number of morpholine rings is 1. The molecule has 1 aromatic carbocycles. The molecule has 1 aliphatic heterocycles. The van der Waals surface area contributed by atoms with Gasteiger partial charge < -0.3 is 23.7 Å². The van der Waals surface area contributed by atoms with Gasteiger partial charge in [0, 0.05) is 51.1 Å². The number of carbonyl (C=O) groups is 2. The number of carbonyl (C=O) groups excluding carboxylic acids is 2. The molecule has 4 rings (SSSR count). The Morgan fingerprint density at radius 2 is 1.97 bits per heavy atom. The normalized spacial score (nSPS) is 16.1. The van der Waals surface area contributed by atoms with Gasteiger partial charge in [0.15, 0.2) is 5.78 Å². The van der Waals surface area contributed by atoms with Crippen LogP contribution in [0, 0.1) is 18.6 Å². The zero-order chi connectivity index (χ0) is 26.0. The average Bonchev–Trinajstić information content (AvgIpc) is 3.18. The summed E-state index contributed by atoms with van der Waals surface area (Å²) in [6.07, 6.45) is 3.91. The average molecular weight is 499 g/mol. The van der Waals surface area contributed by atoms with E-state index in [0.717, 1.165) is 17.7 Å². The van der Waals surface area contributed by atoms with Crippen LogP contribution >= 0.6 is 0 Å². The first kappa shape index (κ1) is 25.3. The lowest BCUT2D eigenvalue weighted by Crippen LogP contribution is -2.46. The number of imidazole rings is 1. The van der Waals surface area contributed by atoms with Crippen LogP contribution in [0.3, 0.4) is 0 Å². The smallest absolute Gasteiger partial charge is 0.409 e. The van der Waals surface area contributed by atoms with Crippen LogP contribution in [0.1, 0.15) is 21.6 Å². The first-order valence-electron chi connectivity index (χ1n) is 11.5. The number of ether oxygens (including phenoxy) is 2. The van der Waals surface area contributed by atoms with Crippen LogP contribution in [0.15, 0.2) is 42.7 Å². The van der Waals surface area contributed by atoms with Crippen LogP contribution < -0.4 is 0 Å². The van der Waals surface area contributed by atoms with Crippen molar-refractivity contribution < 1.29 is 27.8 Å². The number of benzene rings is 1. The molecule has 0 N–H and O–H groups in total. The minimum Gasteiger partial charge on any atom is -0.453 e.